The number of hydrogen-bond acceptors (Lipinski definition) is 3. The highest BCUT2D eigenvalue weighted by atomic mass is 16.5. The third kappa shape index (κ3) is 4.93. The van der Waals surface area contributed by atoms with Crippen molar-refractivity contribution in [1.29, 1.82) is 0 Å². The molecular formula is C19H27NO2. The van der Waals surface area contributed by atoms with Crippen LogP contribution in [0.4, 0.5) is 0 Å². The molecule has 0 atom stereocenters. The van der Waals surface area contributed by atoms with Crippen molar-refractivity contribution < 1.29 is 9.84 Å². The van der Waals surface area contributed by atoms with Gasteiger partial charge in [0, 0.05) is 19.3 Å². The summed E-state index contributed by atoms with van der Waals surface area (Å²) >= 11 is 0. The van der Waals surface area contributed by atoms with E-state index in [1.54, 1.807) is 7.11 Å². The van der Waals surface area contributed by atoms with Gasteiger partial charge < -0.3 is 9.84 Å². The Morgan fingerprint density at radius 2 is 2.09 bits per heavy atom. The number of hydrogen-bond donors (Lipinski definition) is 1. The normalized spacial score (nSPS) is 12.1. The van der Waals surface area contributed by atoms with E-state index in [9.17, 15) is 5.11 Å². The summed E-state index contributed by atoms with van der Waals surface area (Å²) in [5.41, 5.74) is 6.31. The highest BCUT2D eigenvalue weighted by Gasteiger charge is 2.14. The molecule has 0 fully saturated rings. The van der Waals surface area contributed by atoms with E-state index in [0.29, 0.717) is 19.6 Å². The molecule has 1 N–H and O–H groups in total. The molecular weight excluding hydrogens is 274 g/mol. The first-order chi connectivity index (χ1) is 10.5. The molecule has 0 aliphatic rings. The number of ether oxygens (including phenoxy) is 1. The number of aliphatic hydroxyl groups excluding tert-OH is 1. The minimum Gasteiger partial charge on any atom is -0.396 e. The summed E-state index contributed by atoms with van der Waals surface area (Å²) in [5.74, 6) is 0. The molecule has 0 saturated carbocycles. The molecule has 0 saturated heterocycles. The summed E-state index contributed by atoms with van der Waals surface area (Å²) < 4.78 is 5.10. The van der Waals surface area contributed by atoms with Crippen molar-refractivity contribution in [3.8, 4) is 0 Å². The summed E-state index contributed by atoms with van der Waals surface area (Å²) in [6.07, 6.45) is 4.54. The van der Waals surface area contributed by atoms with E-state index in [-0.39, 0.29) is 6.61 Å². The number of rotatable bonds is 8. The van der Waals surface area contributed by atoms with Crippen LogP contribution in [0.5, 0.6) is 0 Å². The fourth-order valence-corrected chi connectivity index (χ4v) is 2.54. The Labute approximate surface area is 134 Å². The molecule has 22 heavy (non-hydrogen) atoms. The number of aliphatic hydroxyl groups is 1. The van der Waals surface area contributed by atoms with Crippen LogP contribution in [0.3, 0.4) is 0 Å². The predicted octanol–water partition coefficient (Wildman–Crippen LogP) is 3.41. The summed E-state index contributed by atoms with van der Waals surface area (Å²) in [6, 6.07) is 4.26. The van der Waals surface area contributed by atoms with Gasteiger partial charge in [0.15, 0.2) is 0 Å². The molecule has 3 nitrogen and oxygen atoms in total. The molecule has 0 heterocycles. The van der Waals surface area contributed by atoms with Gasteiger partial charge in [0.25, 0.3) is 0 Å². The van der Waals surface area contributed by atoms with Crippen LogP contribution in [0, 0.1) is 13.8 Å². The van der Waals surface area contributed by atoms with Gasteiger partial charge in [-0.15, -0.1) is 0 Å². The van der Waals surface area contributed by atoms with E-state index in [1.807, 2.05) is 19.1 Å². The second-order valence-electron chi connectivity index (χ2n) is 5.33. The molecule has 1 aromatic carbocycles. The van der Waals surface area contributed by atoms with Gasteiger partial charge in [0.05, 0.1) is 18.9 Å². The summed E-state index contributed by atoms with van der Waals surface area (Å²) in [7, 11) is 1.67. The second-order valence-corrected chi connectivity index (χ2v) is 5.33. The zero-order valence-electron chi connectivity index (χ0n) is 14.1. The quantitative estimate of drug-likeness (QED) is 0.454. The van der Waals surface area contributed by atoms with Crippen molar-refractivity contribution in [3.63, 3.8) is 0 Å². The Morgan fingerprint density at radius 1 is 1.36 bits per heavy atom. The van der Waals surface area contributed by atoms with Gasteiger partial charge in [0.2, 0.25) is 0 Å². The van der Waals surface area contributed by atoms with Crippen LogP contribution < -0.4 is 0 Å². The van der Waals surface area contributed by atoms with Gasteiger partial charge in [-0.3, -0.25) is 4.99 Å². The molecule has 0 aromatic heterocycles. The molecule has 120 valence electrons. The van der Waals surface area contributed by atoms with E-state index in [1.165, 1.54) is 11.1 Å². The Morgan fingerprint density at radius 3 is 2.68 bits per heavy atom. The van der Waals surface area contributed by atoms with Gasteiger partial charge >= 0.3 is 0 Å². The smallest absolute Gasteiger partial charge is 0.0716 e. The van der Waals surface area contributed by atoms with Crippen LogP contribution in [0.2, 0.25) is 0 Å². The third-order valence-corrected chi connectivity index (χ3v) is 3.47. The van der Waals surface area contributed by atoms with Gasteiger partial charge in [-0.25, -0.2) is 0 Å². The van der Waals surface area contributed by atoms with Gasteiger partial charge in [-0.1, -0.05) is 30.4 Å². The first kappa shape index (κ1) is 18.3. The minimum absolute atomic E-state index is 0.123. The van der Waals surface area contributed by atoms with Gasteiger partial charge in [0.1, 0.15) is 0 Å². The number of methoxy groups -OCH3 is 1. The van der Waals surface area contributed by atoms with E-state index in [4.69, 9.17) is 4.74 Å². The maximum absolute atomic E-state index is 9.38. The fraction of sp³-hybridized carbons (Fsp3) is 0.421. The van der Waals surface area contributed by atoms with Crippen molar-refractivity contribution in [3.05, 3.63) is 58.7 Å². The number of nitrogens with zero attached hydrogens (tertiary/aromatic N) is 1. The summed E-state index contributed by atoms with van der Waals surface area (Å²) in [6.45, 7) is 11.5. The van der Waals surface area contributed by atoms with Crippen molar-refractivity contribution in [2.45, 2.75) is 27.2 Å². The van der Waals surface area contributed by atoms with Gasteiger partial charge in [-0.2, -0.15) is 0 Å². The monoisotopic (exact) mass is 301 g/mol. The summed E-state index contributed by atoms with van der Waals surface area (Å²) in [4.78, 5) is 4.69. The lowest BCUT2D eigenvalue weighted by atomic mass is 9.91. The fourth-order valence-electron chi connectivity index (χ4n) is 2.54. The Kier molecular flexibility index (Phi) is 7.78. The molecule has 3 heteroatoms. The maximum atomic E-state index is 9.38. The molecule has 0 radical (unpaired) electrons. The van der Waals surface area contributed by atoms with Crippen molar-refractivity contribution in [2.75, 3.05) is 26.9 Å². The lowest BCUT2D eigenvalue weighted by Crippen LogP contribution is -2.12. The Balaban J connectivity index is 3.40. The molecule has 0 bridgehead atoms. The maximum Gasteiger partial charge on any atom is 0.0716 e. The van der Waals surface area contributed by atoms with Crippen molar-refractivity contribution in [1.82, 2.24) is 0 Å². The lowest BCUT2D eigenvalue weighted by Gasteiger charge is -2.16. The van der Waals surface area contributed by atoms with Crippen LogP contribution in [0.15, 0.2) is 41.4 Å². The largest absolute Gasteiger partial charge is 0.396 e. The molecule has 0 unspecified atom stereocenters. The van der Waals surface area contributed by atoms with Crippen LogP contribution >= 0.6 is 0 Å². The number of benzene rings is 1. The third-order valence-electron chi connectivity index (χ3n) is 3.47. The standard InChI is InChI=1S/C19H27NO2/c1-6-7-15(3)19(20-9-11-22-5)18-13-14(2)12-16(4)17(18)8-10-21/h6-7,12-13,21H,3,8-11H2,1-2,4-5H3/b7-6-,20-19-. The van der Waals surface area contributed by atoms with Crippen LogP contribution in [-0.2, 0) is 11.2 Å². The molecule has 0 aliphatic heterocycles. The average Bonchev–Trinajstić information content (AvgIpc) is 2.46. The lowest BCUT2D eigenvalue weighted by molar-refractivity contribution is 0.208. The van der Waals surface area contributed by atoms with Crippen molar-refractivity contribution in [2.24, 2.45) is 4.99 Å². The Hall–Kier alpha value is -1.71. The molecule has 1 rings (SSSR count). The predicted molar refractivity (Wildman–Crippen MR) is 93.9 cm³/mol. The van der Waals surface area contributed by atoms with Crippen LogP contribution in [0.1, 0.15) is 29.2 Å². The van der Waals surface area contributed by atoms with E-state index in [2.05, 4.69) is 37.6 Å². The average molecular weight is 301 g/mol. The van der Waals surface area contributed by atoms with E-state index in [0.717, 1.165) is 22.4 Å². The first-order valence-corrected chi connectivity index (χ1v) is 7.61. The zero-order chi connectivity index (χ0) is 16.5. The van der Waals surface area contributed by atoms with Crippen LogP contribution in [-0.4, -0.2) is 37.7 Å². The Bertz CT molecular complexity index is 571. The van der Waals surface area contributed by atoms with E-state index >= 15 is 0 Å². The minimum atomic E-state index is 0.123. The molecule has 0 spiro atoms. The second kappa shape index (κ2) is 9.34. The molecule has 0 aliphatic carbocycles. The highest BCUT2D eigenvalue weighted by molar-refractivity contribution is 6.15. The zero-order valence-corrected chi connectivity index (χ0v) is 14.1. The number of aliphatic imine (C=N–C) groups is 1. The first-order valence-electron chi connectivity index (χ1n) is 7.61. The SMILES string of the molecule is C=C(/C=C\C)/C(=N/CCOC)c1cc(C)cc(C)c1CCO. The number of allylic oxidation sites excluding steroid dienone is 3. The topological polar surface area (TPSA) is 41.8 Å². The number of aryl methyl sites for hydroxylation is 2. The summed E-state index contributed by atoms with van der Waals surface area (Å²) in [5, 5.41) is 9.38. The van der Waals surface area contributed by atoms with Gasteiger partial charge in [-0.05, 0) is 50.0 Å². The molecule has 0 amide bonds. The van der Waals surface area contributed by atoms with Crippen molar-refractivity contribution >= 4 is 5.71 Å². The highest BCUT2D eigenvalue weighted by Crippen LogP contribution is 2.22. The molecule has 1 aromatic rings. The van der Waals surface area contributed by atoms with Crippen LogP contribution in [0.25, 0.3) is 0 Å². The van der Waals surface area contributed by atoms with E-state index < -0.39 is 0 Å².